The van der Waals surface area contributed by atoms with E-state index >= 15 is 0 Å². The van der Waals surface area contributed by atoms with Crippen LogP contribution in [-0.4, -0.2) is 44.8 Å². The predicted octanol–water partition coefficient (Wildman–Crippen LogP) is 2.13. The average molecular weight is 378 g/mol. The first-order valence-corrected chi connectivity index (χ1v) is 8.49. The molecule has 0 unspecified atom stereocenters. The largest absolute Gasteiger partial charge is 0.493 e. The van der Waals surface area contributed by atoms with Crippen LogP contribution in [0.15, 0.2) is 24.3 Å². The van der Waals surface area contributed by atoms with Crippen LogP contribution in [0.5, 0.6) is 11.5 Å². The molecule has 8 heteroatoms. The number of ether oxygens (including phenoxy) is 3. The van der Waals surface area contributed by atoms with Crippen LogP contribution < -0.4 is 20.1 Å². The predicted molar refractivity (Wildman–Crippen MR) is 101 cm³/mol. The molecule has 0 aliphatic carbocycles. The second-order valence-corrected chi connectivity index (χ2v) is 6.10. The number of amides is 3. The van der Waals surface area contributed by atoms with Crippen LogP contribution in [-0.2, 0) is 14.3 Å². The fourth-order valence-electron chi connectivity index (χ4n) is 1.87. The maximum atomic E-state index is 11.8. The molecule has 1 rings (SSSR count). The molecule has 0 aliphatic rings. The maximum absolute atomic E-state index is 11.8. The summed E-state index contributed by atoms with van der Waals surface area (Å²) in [5, 5.41) is 4.26. The first-order chi connectivity index (χ1) is 12.8. The van der Waals surface area contributed by atoms with Crippen molar-refractivity contribution in [3.05, 3.63) is 29.8 Å². The molecule has 0 saturated carbocycles. The van der Waals surface area contributed by atoms with Gasteiger partial charge in [-0.25, -0.2) is 9.59 Å². The van der Waals surface area contributed by atoms with Crippen molar-refractivity contribution in [1.82, 2.24) is 10.6 Å². The van der Waals surface area contributed by atoms with E-state index in [1.807, 2.05) is 19.2 Å². The van der Waals surface area contributed by atoms with Gasteiger partial charge < -0.3 is 19.5 Å². The average Bonchev–Trinajstić information content (AvgIpc) is 2.64. The van der Waals surface area contributed by atoms with Gasteiger partial charge in [0.25, 0.3) is 5.91 Å². The Morgan fingerprint density at radius 2 is 1.85 bits per heavy atom. The fraction of sp³-hybridized carbons (Fsp3) is 0.421. The summed E-state index contributed by atoms with van der Waals surface area (Å²) < 4.78 is 15.9. The van der Waals surface area contributed by atoms with Gasteiger partial charge in [-0.15, -0.1) is 0 Å². The standard InChI is InChI=1S/C19H26N2O6/c1-12(2)11-26-15-8-6-14(10-16(15)25-5)7-9-17(22)27-13(3)18(23)21-19(24)20-4/h6-10,12-13H,11H2,1-5H3,(H2,20,21,23,24)/b9-7+/t13-/m1/s1. The monoisotopic (exact) mass is 378 g/mol. The summed E-state index contributed by atoms with van der Waals surface area (Å²) >= 11 is 0. The lowest BCUT2D eigenvalue weighted by Crippen LogP contribution is -2.43. The van der Waals surface area contributed by atoms with E-state index in [1.165, 1.54) is 33.2 Å². The highest BCUT2D eigenvalue weighted by Crippen LogP contribution is 2.29. The minimum Gasteiger partial charge on any atom is -0.493 e. The number of benzene rings is 1. The third-order valence-corrected chi connectivity index (χ3v) is 3.30. The zero-order valence-electron chi connectivity index (χ0n) is 16.2. The molecule has 0 bridgehead atoms. The molecule has 0 heterocycles. The van der Waals surface area contributed by atoms with E-state index in [0.717, 1.165) is 0 Å². The van der Waals surface area contributed by atoms with Gasteiger partial charge in [0, 0.05) is 13.1 Å². The van der Waals surface area contributed by atoms with E-state index in [1.54, 1.807) is 18.2 Å². The van der Waals surface area contributed by atoms with Gasteiger partial charge in [-0.1, -0.05) is 19.9 Å². The number of rotatable bonds is 8. The van der Waals surface area contributed by atoms with Crippen LogP contribution in [0.1, 0.15) is 26.3 Å². The number of urea groups is 1. The SMILES string of the molecule is CNC(=O)NC(=O)[C@@H](C)OC(=O)/C=C/c1ccc(OCC(C)C)c(OC)c1. The second-order valence-electron chi connectivity index (χ2n) is 6.10. The van der Waals surface area contributed by atoms with Crippen LogP contribution in [0, 0.1) is 5.92 Å². The number of hydrogen-bond acceptors (Lipinski definition) is 6. The number of hydrogen-bond donors (Lipinski definition) is 2. The molecule has 27 heavy (non-hydrogen) atoms. The zero-order valence-corrected chi connectivity index (χ0v) is 16.2. The van der Waals surface area contributed by atoms with Crippen molar-refractivity contribution in [2.75, 3.05) is 20.8 Å². The van der Waals surface area contributed by atoms with Crippen LogP contribution in [0.3, 0.4) is 0 Å². The number of carbonyl (C=O) groups is 3. The van der Waals surface area contributed by atoms with Gasteiger partial charge in [0.1, 0.15) is 0 Å². The van der Waals surface area contributed by atoms with Gasteiger partial charge in [0.05, 0.1) is 13.7 Å². The number of esters is 1. The Bertz CT molecular complexity index is 699. The number of carbonyl (C=O) groups excluding carboxylic acids is 3. The Morgan fingerprint density at radius 1 is 1.15 bits per heavy atom. The Balaban J connectivity index is 2.68. The lowest BCUT2D eigenvalue weighted by molar-refractivity contribution is -0.149. The van der Waals surface area contributed by atoms with E-state index in [4.69, 9.17) is 14.2 Å². The maximum Gasteiger partial charge on any atom is 0.331 e. The van der Waals surface area contributed by atoms with Crippen molar-refractivity contribution < 1.29 is 28.6 Å². The van der Waals surface area contributed by atoms with Crippen molar-refractivity contribution in [2.24, 2.45) is 5.92 Å². The molecule has 0 aliphatic heterocycles. The molecule has 8 nitrogen and oxygen atoms in total. The molecule has 3 amide bonds. The highest BCUT2D eigenvalue weighted by Gasteiger charge is 2.18. The Kier molecular flexibility index (Phi) is 8.84. The molecule has 0 aromatic heterocycles. The van der Waals surface area contributed by atoms with E-state index < -0.39 is 24.0 Å². The first kappa shape index (κ1) is 22.0. The topological polar surface area (TPSA) is 103 Å². The van der Waals surface area contributed by atoms with Gasteiger partial charge in [-0.2, -0.15) is 0 Å². The van der Waals surface area contributed by atoms with E-state index in [9.17, 15) is 14.4 Å². The van der Waals surface area contributed by atoms with Crippen molar-refractivity contribution in [3.63, 3.8) is 0 Å². The van der Waals surface area contributed by atoms with Crippen molar-refractivity contribution in [3.8, 4) is 11.5 Å². The zero-order chi connectivity index (χ0) is 20.4. The van der Waals surface area contributed by atoms with Crippen LogP contribution in [0.4, 0.5) is 4.79 Å². The minimum atomic E-state index is -1.11. The normalized spacial score (nSPS) is 11.8. The van der Waals surface area contributed by atoms with Crippen LogP contribution in [0.25, 0.3) is 6.08 Å². The van der Waals surface area contributed by atoms with E-state index in [2.05, 4.69) is 5.32 Å². The molecule has 0 radical (unpaired) electrons. The highest BCUT2D eigenvalue weighted by atomic mass is 16.5. The van der Waals surface area contributed by atoms with Gasteiger partial charge in [0.15, 0.2) is 17.6 Å². The number of methoxy groups -OCH3 is 1. The summed E-state index contributed by atoms with van der Waals surface area (Å²) in [4.78, 5) is 34.6. The van der Waals surface area contributed by atoms with Crippen LogP contribution >= 0.6 is 0 Å². The molecular formula is C19H26N2O6. The van der Waals surface area contributed by atoms with Crippen molar-refractivity contribution in [1.29, 1.82) is 0 Å². The molecule has 2 N–H and O–H groups in total. The third kappa shape index (κ3) is 7.81. The van der Waals surface area contributed by atoms with E-state index in [-0.39, 0.29) is 0 Å². The van der Waals surface area contributed by atoms with Crippen molar-refractivity contribution >= 4 is 24.0 Å². The molecule has 0 saturated heterocycles. The fourth-order valence-corrected chi connectivity index (χ4v) is 1.87. The summed E-state index contributed by atoms with van der Waals surface area (Å²) in [6.07, 6.45) is 1.61. The quantitative estimate of drug-likeness (QED) is 0.531. The smallest absolute Gasteiger partial charge is 0.331 e. The molecular weight excluding hydrogens is 352 g/mol. The van der Waals surface area contributed by atoms with Gasteiger partial charge in [-0.05, 0) is 36.6 Å². The second kappa shape index (κ2) is 10.8. The summed E-state index contributed by atoms with van der Waals surface area (Å²) in [5.41, 5.74) is 0.697. The van der Waals surface area contributed by atoms with Crippen LogP contribution in [0.2, 0.25) is 0 Å². The molecule has 0 spiro atoms. The Hall–Kier alpha value is -3.03. The first-order valence-electron chi connectivity index (χ1n) is 8.49. The van der Waals surface area contributed by atoms with Crippen molar-refractivity contribution in [2.45, 2.75) is 26.9 Å². The lowest BCUT2D eigenvalue weighted by Gasteiger charge is -2.13. The molecule has 1 aromatic rings. The molecule has 1 atom stereocenters. The summed E-state index contributed by atoms with van der Waals surface area (Å²) in [6, 6.07) is 4.57. The molecule has 148 valence electrons. The molecule has 1 aromatic carbocycles. The Labute approximate surface area is 158 Å². The van der Waals surface area contributed by atoms with Gasteiger partial charge >= 0.3 is 12.0 Å². The summed E-state index contributed by atoms with van der Waals surface area (Å²) in [6.45, 7) is 6.03. The van der Waals surface area contributed by atoms with Gasteiger partial charge in [-0.3, -0.25) is 10.1 Å². The number of imide groups is 1. The van der Waals surface area contributed by atoms with Gasteiger partial charge in [0.2, 0.25) is 0 Å². The number of nitrogens with one attached hydrogen (secondary N) is 2. The Morgan fingerprint density at radius 3 is 2.44 bits per heavy atom. The summed E-state index contributed by atoms with van der Waals surface area (Å²) in [7, 11) is 2.90. The molecule has 0 fully saturated rings. The third-order valence-electron chi connectivity index (χ3n) is 3.30. The highest BCUT2D eigenvalue weighted by molar-refractivity contribution is 5.97. The lowest BCUT2D eigenvalue weighted by atomic mass is 10.2. The summed E-state index contributed by atoms with van der Waals surface area (Å²) in [5.74, 6) is 0.111. The van der Waals surface area contributed by atoms with E-state index in [0.29, 0.717) is 29.6 Å². The minimum absolute atomic E-state index is 0.381.